The fourth-order valence-electron chi connectivity index (χ4n) is 2.24. The van der Waals surface area contributed by atoms with Gasteiger partial charge < -0.3 is 4.74 Å². The average Bonchev–Trinajstić information content (AvgIpc) is 2.51. The molecule has 112 valence electrons. The van der Waals surface area contributed by atoms with Gasteiger partial charge in [-0.05, 0) is 24.5 Å². The molecule has 21 heavy (non-hydrogen) atoms. The van der Waals surface area contributed by atoms with E-state index in [2.05, 4.69) is 0 Å². The molecule has 1 unspecified atom stereocenters. The topological polar surface area (TPSA) is 46.6 Å². The quantitative estimate of drug-likeness (QED) is 0.782. The summed E-state index contributed by atoms with van der Waals surface area (Å²) in [5, 5.41) is 0. The highest BCUT2D eigenvalue weighted by molar-refractivity contribution is 6.17. The average molecular weight is 308 g/mol. The van der Waals surface area contributed by atoms with E-state index in [1.807, 2.05) is 30.3 Å². The number of carbonyl (C=O) groups is 2. The van der Waals surface area contributed by atoms with Crippen LogP contribution >= 0.6 is 11.6 Å². The Kier molecular flexibility index (Phi) is 5.81. The Morgan fingerprint density at radius 1 is 1.33 bits per heavy atom. The maximum absolute atomic E-state index is 12.2. The Bertz CT molecular complexity index is 516. The molecule has 1 aromatic carbocycles. The first-order valence-corrected chi connectivity index (χ1v) is 7.50. The standard InChI is InChI=1S/C16H18ClNO3/c17-9-4-7-14-11-15(19)8-10-18(14)16(20)21-12-13-5-2-1-3-6-13/h1-3,5-6,8,10,14H,4,7,9,11-12H2. The Labute approximate surface area is 129 Å². The molecule has 0 bridgehead atoms. The first-order chi connectivity index (χ1) is 10.2. The summed E-state index contributed by atoms with van der Waals surface area (Å²) in [6.45, 7) is 0.222. The second kappa shape index (κ2) is 7.84. The second-order valence-electron chi connectivity index (χ2n) is 4.92. The lowest BCUT2D eigenvalue weighted by molar-refractivity contribution is -0.116. The third kappa shape index (κ3) is 4.60. The third-order valence-corrected chi connectivity index (χ3v) is 3.61. The van der Waals surface area contributed by atoms with Crippen molar-refractivity contribution < 1.29 is 14.3 Å². The minimum Gasteiger partial charge on any atom is -0.444 e. The molecular formula is C16H18ClNO3. The summed E-state index contributed by atoms with van der Waals surface area (Å²) in [7, 11) is 0. The van der Waals surface area contributed by atoms with E-state index in [1.54, 1.807) is 0 Å². The molecule has 5 heteroatoms. The lowest BCUT2D eigenvalue weighted by atomic mass is 10.0. The molecule has 0 spiro atoms. The van der Waals surface area contributed by atoms with Gasteiger partial charge in [0.05, 0.1) is 0 Å². The summed E-state index contributed by atoms with van der Waals surface area (Å²) >= 11 is 5.69. The fraction of sp³-hybridized carbons (Fsp3) is 0.375. The summed E-state index contributed by atoms with van der Waals surface area (Å²) in [6, 6.07) is 9.33. The SMILES string of the molecule is O=C1C=CN(C(=O)OCc2ccccc2)C(CCCCl)C1. The van der Waals surface area contributed by atoms with Gasteiger partial charge in [-0.3, -0.25) is 9.69 Å². The van der Waals surface area contributed by atoms with Crippen LogP contribution in [-0.2, 0) is 16.1 Å². The minimum atomic E-state index is -0.429. The summed E-state index contributed by atoms with van der Waals surface area (Å²) in [5.41, 5.74) is 0.931. The van der Waals surface area contributed by atoms with E-state index in [0.717, 1.165) is 12.0 Å². The van der Waals surface area contributed by atoms with E-state index in [0.29, 0.717) is 18.7 Å². The summed E-state index contributed by atoms with van der Waals surface area (Å²) in [5.74, 6) is 0.545. The number of hydrogen-bond donors (Lipinski definition) is 0. The Morgan fingerprint density at radius 2 is 2.10 bits per heavy atom. The van der Waals surface area contributed by atoms with Crippen molar-refractivity contribution in [1.29, 1.82) is 0 Å². The number of rotatable bonds is 5. The van der Waals surface area contributed by atoms with E-state index in [-0.39, 0.29) is 18.4 Å². The van der Waals surface area contributed by atoms with Crippen LogP contribution in [0.4, 0.5) is 4.79 Å². The predicted molar refractivity (Wildman–Crippen MR) is 81.0 cm³/mol. The maximum atomic E-state index is 12.2. The van der Waals surface area contributed by atoms with Crippen molar-refractivity contribution in [2.45, 2.75) is 31.9 Å². The van der Waals surface area contributed by atoms with Gasteiger partial charge in [-0.2, -0.15) is 0 Å². The number of ketones is 1. The number of hydrogen-bond acceptors (Lipinski definition) is 3. The van der Waals surface area contributed by atoms with Gasteiger partial charge in [-0.1, -0.05) is 30.3 Å². The molecule has 0 saturated heterocycles. The van der Waals surface area contributed by atoms with E-state index < -0.39 is 6.09 Å². The van der Waals surface area contributed by atoms with Crippen LogP contribution in [0.15, 0.2) is 42.6 Å². The van der Waals surface area contributed by atoms with Gasteiger partial charge >= 0.3 is 6.09 Å². The Balaban J connectivity index is 1.95. The van der Waals surface area contributed by atoms with Gasteiger partial charge in [-0.15, -0.1) is 11.6 Å². The Hall–Kier alpha value is -1.81. The van der Waals surface area contributed by atoms with Crippen LogP contribution < -0.4 is 0 Å². The molecule has 0 radical (unpaired) electrons. The third-order valence-electron chi connectivity index (χ3n) is 3.34. The molecule has 0 saturated carbocycles. The zero-order chi connectivity index (χ0) is 15.1. The summed E-state index contributed by atoms with van der Waals surface area (Å²) < 4.78 is 5.30. The fourth-order valence-corrected chi connectivity index (χ4v) is 2.40. The van der Waals surface area contributed by atoms with E-state index >= 15 is 0 Å². The number of halogens is 1. The highest BCUT2D eigenvalue weighted by atomic mass is 35.5. The molecule has 1 aliphatic rings. The van der Waals surface area contributed by atoms with Crippen LogP contribution in [-0.4, -0.2) is 28.7 Å². The Morgan fingerprint density at radius 3 is 2.81 bits per heavy atom. The van der Waals surface area contributed by atoms with Crippen molar-refractivity contribution in [1.82, 2.24) is 4.90 Å². The van der Waals surface area contributed by atoms with Crippen molar-refractivity contribution in [3.63, 3.8) is 0 Å². The molecule has 1 heterocycles. The molecular weight excluding hydrogens is 290 g/mol. The van der Waals surface area contributed by atoms with Crippen LogP contribution in [0.2, 0.25) is 0 Å². The van der Waals surface area contributed by atoms with Crippen LogP contribution in [0.3, 0.4) is 0 Å². The second-order valence-corrected chi connectivity index (χ2v) is 5.30. The van der Waals surface area contributed by atoms with Gasteiger partial charge in [0, 0.05) is 24.5 Å². The monoisotopic (exact) mass is 307 g/mol. The van der Waals surface area contributed by atoms with E-state index in [4.69, 9.17) is 16.3 Å². The predicted octanol–water partition coefficient (Wildman–Crippen LogP) is 3.50. The summed E-state index contributed by atoms with van der Waals surface area (Å²) in [6.07, 6.45) is 4.28. The molecule has 1 aromatic rings. The van der Waals surface area contributed by atoms with Crippen molar-refractivity contribution in [2.24, 2.45) is 0 Å². The highest BCUT2D eigenvalue weighted by Gasteiger charge is 2.27. The first-order valence-electron chi connectivity index (χ1n) is 6.96. The molecule has 2 rings (SSSR count). The number of ether oxygens (including phenoxy) is 1. The number of amides is 1. The number of nitrogens with zero attached hydrogens (tertiary/aromatic N) is 1. The molecule has 4 nitrogen and oxygen atoms in total. The maximum Gasteiger partial charge on any atom is 0.414 e. The highest BCUT2D eigenvalue weighted by Crippen LogP contribution is 2.19. The zero-order valence-corrected chi connectivity index (χ0v) is 12.5. The largest absolute Gasteiger partial charge is 0.444 e. The van der Waals surface area contributed by atoms with Gasteiger partial charge in [0.2, 0.25) is 0 Å². The molecule has 0 aliphatic carbocycles. The van der Waals surface area contributed by atoms with E-state index in [1.165, 1.54) is 17.2 Å². The van der Waals surface area contributed by atoms with E-state index in [9.17, 15) is 9.59 Å². The minimum absolute atomic E-state index is 0.0293. The van der Waals surface area contributed by atoms with Crippen molar-refractivity contribution in [3.05, 3.63) is 48.2 Å². The molecule has 0 N–H and O–H groups in total. The summed E-state index contributed by atoms with van der Waals surface area (Å²) in [4.78, 5) is 25.1. The van der Waals surface area contributed by atoms with Crippen LogP contribution in [0, 0.1) is 0 Å². The van der Waals surface area contributed by atoms with Gasteiger partial charge in [0.25, 0.3) is 0 Å². The number of benzene rings is 1. The molecule has 1 amide bonds. The molecule has 1 aliphatic heterocycles. The van der Waals surface area contributed by atoms with Gasteiger partial charge in [-0.25, -0.2) is 4.79 Å². The van der Waals surface area contributed by atoms with Crippen LogP contribution in [0.5, 0.6) is 0 Å². The van der Waals surface area contributed by atoms with Crippen LogP contribution in [0.1, 0.15) is 24.8 Å². The van der Waals surface area contributed by atoms with Crippen LogP contribution in [0.25, 0.3) is 0 Å². The lowest BCUT2D eigenvalue weighted by Gasteiger charge is -2.30. The van der Waals surface area contributed by atoms with Gasteiger partial charge in [0.1, 0.15) is 6.61 Å². The van der Waals surface area contributed by atoms with Crippen molar-refractivity contribution in [2.75, 3.05) is 5.88 Å². The molecule has 0 aromatic heterocycles. The number of carbonyl (C=O) groups excluding carboxylic acids is 2. The van der Waals surface area contributed by atoms with Gasteiger partial charge in [0.15, 0.2) is 5.78 Å². The molecule has 1 atom stereocenters. The zero-order valence-electron chi connectivity index (χ0n) is 11.7. The van der Waals surface area contributed by atoms with Crippen molar-refractivity contribution in [3.8, 4) is 0 Å². The first kappa shape index (κ1) is 15.6. The van der Waals surface area contributed by atoms with Crippen molar-refractivity contribution >= 4 is 23.5 Å². The smallest absolute Gasteiger partial charge is 0.414 e. The molecule has 0 fully saturated rings. The normalized spacial score (nSPS) is 17.9. The lowest BCUT2D eigenvalue weighted by Crippen LogP contribution is -2.40. The number of alkyl halides is 1. The number of allylic oxidation sites excluding steroid dienone is 1.